The number of methoxy groups -OCH3 is 1. The maximum absolute atomic E-state index is 12.5. The van der Waals surface area contributed by atoms with E-state index in [4.69, 9.17) is 15.2 Å². The summed E-state index contributed by atoms with van der Waals surface area (Å²) < 4.78 is 10.5. The van der Waals surface area contributed by atoms with E-state index in [0.717, 1.165) is 12.8 Å². The number of carbonyl (C=O) groups excluding carboxylic acids is 2. The summed E-state index contributed by atoms with van der Waals surface area (Å²) in [6.45, 7) is 0.347. The normalized spacial score (nSPS) is 14.3. The van der Waals surface area contributed by atoms with E-state index in [1.54, 1.807) is 18.2 Å². The van der Waals surface area contributed by atoms with Crippen molar-refractivity contribution in [2.24, 2.45) is 5.73 Å². The first-order chi connectivity index (χ1) is 12.5. The summed E-state index contributed by atoms with van der Waals surface area (Å²) in [5.41, 5.74) is 6.85. The van der Waals surface area contributed by atoms with Gasteiger partial charge in [0.1, 0.15) is 0 Å². The van der Waals surface area contributed by atoms with E-state index in [-0.39, 0.29) is 17.9 Å². The highest BCUT2D eigenvalue weighted by atomic mass is 16.5. The average molecular weight is 354 g/mol. The van der Waals surface area contributed by atoms with Gasteiger partial charge < -0.3 is 20.5 Å². The predicted octanol–water partition coefficient (Wildman–Crippen LogP) is 2.02. The highest BCUT2D eigenvalue weighted by Crippen LogP contribution is 2.47. The Morgan fingerprint density at radius 1 is 1.12 bits per heavy atom. The van der Waals surface area contributed by atoms with Crippen LogP contribution in [0, 0.1) is 0 Å². The molecule has 3 rings (SSSR count). The second kappa shape index (κ2) is 7.47. The maximum atomic E-state index is 12.5. The molecule has 1 aliphatic carbocycles. The van der Waals surface area contributed by atoms with Gasteiger partial charge in [-0.05, 0) is 36.6 Å². The molecule has 6 nitrogen and oxygen atoms in total. The summed E-state index contributed by atoms with van der Waals surface area (Å²) in [5.74, 6) is -0.00892. The largest absolute Gasteiger partial charge is 0.493 e. The number of nitrogens with two attached hydrogens (primary N) is 1. The Hall–Kier alpha value is -3.02. The Labute approximate surface area is 152 Å². The van der Waals surface area contributed by atoms with Gasteiger partial charge in [-0.2, -0.15) is 0 Å². The monoisotopic (exact) mass is 354 g/mol. The molecule has 2 aromatic rings. The van der Waals surface area contributed by atoms with E-state index in [0.29, 0.717) is 23.6 Å². The molecular weight excluding hydrogens is 332 g/mol. The molecule has 0 bridgehead atoms. The molecule has 26 heavy (non-hydrogen) atoms. The quantitative estimate of drug-likeness (QED) is 0.759. The molecule has 0 unspecified atom stereocenters. The molecule has 0 heterocycles. The molecule has 3 N–H and O–H groups in total. The molecule has 1 saturated carbocycles. The van der Waals surface area contributed by atoms with Crippen molar-refractivity contribution < 1.29 is 19.1 Å². The first-order valence-electron chi connectivity index (χ1n) is 8.47. The van der Waals surface area contributed by atoms with Crippen molar-refractivity contribution in [3.05, 3.63) is 59.7 Å². The van der Waals surface area contributed by atoms with Gasteiger partial charge in [-0.25, -0.2) is 0 Å². The van der Waals surface area contributed by atoms with Crippen molar-refractivity contribution in [1.29, 1.82) is 0 Å². The number of ether oxygens (including phenoxy) is 2. The lowest BCUT2D eigenvalue weighted by molar-refractivity contribution is -0.119. The van der Waals surface area contributed by atoms with Crippen molar-refractivity contribution >= 4 is 11.8 Å². The molecule has 1 aliphatic rings. The van der Waals surface area contributed by atoms with Gasteiger partial charge in [0.05, 0.1) is 7.11 Å². The minimum Gasteiger partial charge on any atom is -0.493 e. The van der Waals surface area contributed by atoms with Gasteiger partial charge in [0.25, 0.3) is 11.8 Å². The molecular formula is C20H22N2O4. The number of rotatable bonds is 8. The summed E-state index contributed by atoms with van der Waals surface area (Å²) in [6, 6.07) is 15.1. The third kappa shape index (κ3) is 3.96. The van der Waals surface area contributed by atoms with Crippen LogP contribution in [0.15, 0.2) is 48.5 Å². The van der Waals surface area contributed by atoms with Crippen LogP contribution in [0.25, 0.3) is 0 Å². The number of primary amides is 1. The molecule has 6 heteroatoms. The zero-order valence-corrected chi connectivity index (χ0v) is 14.7. The summed E-state index contributed by atoms with van der Waals surface area (Å²) in [5, 5.41) is 3.01. The summed E-state index contributed by atoms with van der Waals surface area (Å²) >= 11 is 0. The van der Waals surface area contributed by atoms with Crippen molar-refractivity contribution in [2.75, 3.05) is 20.3 Å². The molecule has 0 aromatic heterocycles. The molecule has 0 atom stereocenters. The van der Waals surface area contributed by atoms with Gasteiger partial charge in [-0.3, -0.25) is 9.59 Å². The Morgan fingerprint density at radius 2 is 1.85 bits per heavy atom. The number of nitrogens with one attached hydrogen (secondary N) is 1. The van der Waals surface area contributed by atoms with Crippen LogP contribution in [0.2, 0.25) is 0 Å². The third-order valence-corrected chi connectivity index (χ3v) is 4.62. The van der Waals surface area contributed by atoms with E-state index in [9.17, 15) is 9.59 Å². The van der Waals surface area contributed by atoms with Gasteiger partial charge in [-0.15, -0.1) is 0 Å². The Kier molecular flexibility index (Phi) is 5.11. The van der Waals surface area contributed by atoms with Crippen LogP contribution >= 0.6 is 0 Å². The number of hydrogen-bond acceptors (Lipinski definition) is 4. The number of amides is 2. The molecule has 2 aromatic carbocycles. The third-order valence-electron chi connectivity index (χ3n) is 4.62. The Balaban J connectivity index is 1.65. The average Bonchev–Trinajstić information content (AvgIpc) is 3.46. The standard InChI is InChI=1S/C20H22N2O4/c1-25-17-11-14(7-8-16(17)26-12-18(21)23)19(24)22-13-20(9-10-20)15-5-3-2-4-6-15/h2-8,11H,9-10,12-13H2,1H3,(H2,21,23)(H,22,24). The van der Waals surface area contributed by atoms with E-state index in [1.165, 1.54) is 12.7 Å². The van der Waals surface area contributed by atoms with Crippen LogP contribution in [0.5, 0.6) is 11.5 Å². The summed E-state index contributed by atoms with van der Waals surface area (Å²) in [4.78, 5) is 23.4. The number of benzene rings is 2. The second-order valence-corrected chi connectivity index (χ2v) is 6.45. The van der Waals surface area contributed by atoms with E-state index in [2.05, 4.69) is 17.4 Å². The van der Waals surface area contributed by atoms with Gasteiger partial charge >= 0.3 is 0 Å². The van der Waals surface area contributed by atoms with Crippen molar-refractivity contribution in [3.63, 3.8) is 0 Å². The maximum Gasteiger partial charge on any atom is 0.255 e. The van der Waals surface area contributed by atoms with Crippen LogP contribution in [-0.4, -0.2) is 32.1 Å². The predicted molar refractivity (Wildman–Crippen MR) is 97.4 cm³/mol. The second-order valence-electron chi connectivity index (χ2n) is 6.45. The van der Waals surface area contributed by atoms with Gasteiger partial charge in [0, 0.05) is 17.5 Å². The topological polar surface area (TPSA) is 90.7 Å². The SMILES string of the molecule is COc1cc(C(=O)NCC2(c3ccccc3)CC2)ccc1OCC(N)=O. The zero-order chi connectivity index (χ0) is 18.6. The van der Waals surface area contributed by atoms with Crippen LogP contribution < -0.4 is 20.5 Å². The number of carbonyl (C=O) groups is 2. The Morgan fingerprint density at radius 3 is 2.46 bits per heavy atom. The van der Waals surface area contributed by atoms with E-state index in [1.807, 2.05) is 18.2 Å². The van der Waals surface area contributed by atoms with Crippen LogP contribution in [0.4, 0.5) is 0 Å². The van der Waals surface area contributed by atoms with Crippen molar-refractivity contribution in [1.82, 2.24) is 5.32 Å². The first kappa shape index (κ1) is 17.8. The molecule has 136 valence electrons. The van der Waals surface area contributed by atoms with Crippen LogP contribution in [-0.2, 0) is 10.2 Å². The van der Waals surface area contributed by atoms with Crippen LogP contribution in [0.3, 0.4) is 0 Å². The van der Waals surface area contributed by atoms with Crippen molar-refractivity contribution in [2.45, 2.75) is 18.3 Å². The molecule has 1 fully saturated rings. The minimum absolute atomic E-state index is 0.0472. The number of hydrogen-bond donors (Lipinski definition) is 2. The van der Waals surface area contributed by atoms with Crippen molar-refractivity contribution in [3.8, 4) is 11.5 Å². The van der Waals surface area contributed by atoms with E-state index >= 15 is 0 Å². The smallest absolute Gasteiger partial charge is 0.255 e. The zero-order valence-electron chi connectivity index (χ0n) is 14.7. The fraction of sp³-hybridized carbons (Fsp3) is 0.300. The fourth-order valence-electron chi connectivity index (χ4n) is 2.94. The lowest BCUT2D eigenvalue weighted by Gasteiger charge is -2.17. The highest BCUT2D eigenvalue weighted by molar-refractivity contribution is 5.95. The van der Waals surface area contributed by atoms with Crippen LogP contribution in [0.1, 0.15) is 28.8 Å². The van der Waals surface area contributed by atoms with Gasteiger partial charge in [0.15, 0.2) is 18.1 Å². The fourth-order valence-corrected chi connectivity index (χ4v) is 2.94. The lowest BCUT2D eigenvalue weighted by atomic mass is 9.96. The lowest BCUT2D eigenvalue weighted by Crippen LogP contribution is -2.32. The minimum atomic E-state index is -0.579. The molecule has 0 spiro atoms. The molecule has 0 radical (unpaired) electrons. The molecule has 0 saturated heterocycles. The molecule has 0 aliphatic heterocycles. The van der Waals surface area contributed by atoms with E-state index < -0.39 is 5.91 Å². The highest BCUT2D eigenvalue weighted by Gasteiger charge is 2.44. The molecule has 2 amide bonds. The first-order valence-corrected chi connectivity index (χ1v) is 8.47. The summed E-state index contributed by atoms with van der Waals surface area (Å²) in [6.07, 6.45) is 2.14. The Bertz CT molecular complexity index is 801. The van der Waals surface area contributed by atoms with Gasteiger partial charge in [-0.1, -0.05) is 30.3 Å². The van der Waals surface area contributed by atoms with Gasteiger partial charge in [0.2, 0.25) is 0 Å². The summed E-state index contributed by atoms with van der Waals surface area (Å²) in [7, 11) is 1.47.